The minimum Gasteiger partial charge on any atom is -0.325 e. The molecule has 0 aliphatic carbocycles. The second-order valence-electron chi connectivity index (χ2n) is 7.84. The summed E-state index contributed by atoms with van der Waals surface area (Å²) in [5, 5.41) is 5.95. The molecule has 2 aromatic carbocycles. The summed E-state index contributed by atoms with van der Waals surface area (Å²) in [6, 6.07) is 14.6. The molecule has 2 N–H and O–H groups in total. The molecule has 0 saturated heterocycles. The number of benzene rings is 2. The molecule has 0 atom stereocenters. The molecule has 138 valence electrons. The van der Waals surface area contributed by atoms with Crippen LogP contribution in [0.2, 0.25) is 5.02 Å². The molecule has 0 radical (unpaired) electrons. The standard InChI is InChI=1S/C21H25ClN2O2/c1-20(2,3)14-10-12-15(13-11-14)23-18(25)21(4,5)19(26)24-17-9-7-6-8-16(17)22/h6-13H,1-5H3,(H,23,25)(H,24,26). The van der Waals surface area contributed by atoms with Crippen molar-refractivity contribution >= 4 is 34.8 Å². The van der Waals surface area contributed by atoms with E-state index in [1.165, 1.54) is 5.56 Å². The number of halogens is 1. The lowest BCUT2D eigenvalue weighted by atomic mass is 9.87. The summed E-state index contributed by atoms with van der Waals surface area (Å²) >= 11 is 6.06. The van der Waals surface area contributed by atoms with Crippen LogP contribution < -0.4 is 10.6 Å². The SMILES string of the molecule is CC(C)(C(=O)Nc1ccc(C(C)(C)C)cc1)C(=O)Nc1ccccc1Cl. The van der Waals surface area contributed by atoms with Crippen LogP contribution in [0, 0.1) is 5.41 Å². The lowest BCUT2D eigenvalue weighted by Crippen LogP contribution is -2.41. The Morgan fingerprint density at radius 1 is 0.808 bits per heavy atom. The van der Waals surface area contributed by atoms with E-state index in [0.717, 1.165) is 0 Å². The van der Waals surface area contributed by atoms with Crippen LogP contribution in [0.5, 0.6) is 0 Å². The Hall–Kier alpha value is -2.33. The maximum absolute atomic E-state index is 12.6. The van der Waals surface area contributed by atoms with Crippen molar-refractivity contribution in [2.24, 2.45) is 5.41 Å². The van der Waals surface area contributed by atoms with Crippen molar-refractivity contribution in [1.82, 2.24) is 0 Å². The van der Waals surface area contributed by atoms with Crippen molar-refractivity contribution in [1.29, 1.82) is 0 Å². The summed E-state index contributed by atoms with van der Waals surface area (Å²) in [5.41, 5.74) is 1.08. The Labute approximate surface area is 159 Å². The van der Waals surface area contributed by atoms with Crippen LogP contribution in [0.25, 0.3) is 0 Å². The van der Waals surface area contributed by atoms with Crippen molar-refractivity contribution in [2.45, 2.75) is 40.0 Å². The zero-order chi connectivity index (χ0) is 19.5. The molecule has 0 aromatic heterocycles. The van der Waals surface area contributed by atoms with E-state index in [1.807, 2.05) is 24.3 Å². The normalized spacial score (nSPS) is 11.8. The highest BCUT2D eigenvalue weighted by Gasteiger charge is 2.36. The molecule has 0 spiro atoms. The van der Waals surface area contributed by atoms with E-state index < -0.39 is 11.3 Å². The van der Waals surface area contributed by atoms with Crippen LogP contribution in [-0.2, 0) is 15.0 Å². The lowest BCUT2D eigenvalue weighted by Gasteiger charge is -2.23. The molecule has 26 heavy (non-hydrogen) atoms. The first kappa shape index (κ1) is 20.0. The summed E-state index contributed by atoms with van der Waals surface area (Å²) in [6.45, 7) is 9.55. The van der Waals surface area contributed by atoms with Gasteiger partial charge in [-0.05, 0) is 49.1 Å². The van der Waals surface area contributed by atoms with Gasteiger partial charge >= 0.3 is 0 Å². The third kappa shape index (κ3) is 4.64. The number of hydrogen-bond acceptors (Lipinski definition) is 2. The van der Waals surface area contributed by atoms with Gasteiger partial charge in [-0.2, -0.15) is 0 Å². The van der Waals surface area contributed by atoms with Gasteiger partial charge in [0.25, 0.3) is 0 Å². The Morgan fingerprint density at radius 3 is 1.88 bits per heavy atom. The Morgan fingerprint density at radius 2 is 1.35 bits per heavy atom. The lowest BCUT2D eigenvalue weighted by molar-refractivity contribution is -0.135. The zero-order valence-corrected chi connectivity index (χ0v) is 16.6. The zero-order valence-electron chi connectivity index (χ0n) is 15.8. The fourth-order valence-corrected chi connectivity index (χ4v) is 2.47. The van der Waals surface area contributed by atoms with E-state index in [1.54, 1.807) is 38.1 Å². The van der Waals surface area contributed by atoms with Crippen molar-refractivity contribution in [3.63, 3.8) is 0 Å². The Bertz CT molecular complexity index is 806. The average Bonchev–Trinajstić information content (AvgIpc) is 2.56. The summed E-state index contributed by atoms with van der Waals surface area (Å²) in [5.74, 6) is -0.806. The number of rotatable bonds is 4. The second kappa shape index (κ2) is 7.50. The molecular formula is C21H25ClN2O2. The molecule has 2 rings (SSSR count). The second-order valence-corrected chi connectivity index (χ2v) is 8.25. The molecule has 0 fully saturated rings. The number of anilines is 2. The van der Waals surface area contributed by atoms with E-state index in [-0.39, 0.29) is 11.3 Å². The molecule has 0 bridgehead atoms. The predicted octanol–water partition coefficient (Wildman–Crippen LogP) is 5.24. The van der Waals surface area contributed by atoms with Gasteiger partial charge in [0.2, 0.25) is 11.8 Å². The first-order valence-electron chi connectivity index (χ1n) is 8.50. The van der Waals surface area contributed by atoms with E-state index in [2.05, 4.69) is 31.4 Å². The van der Waals surface area contributed by atoms with Crippen LogP contribution in [-0.4, -0.2) is 11.8 Å². The van der Waals surface area contributed by atoms with E-state index in [0.29, 0.717) is 16.4 Å². The van der Waals surface area contributed by atoms with Crippen molar-refractivity contribution < 1.29 is 9.59 Å². The summed E-state index contributed by atoms with van der Waals surface area (Å²) < 4.78 is 0. The average molecular weight is 373 g/mol. The Kier molecular flexibility index (Phi) is 5.77. The van der Waals surface area contributed by atoms with Gasteiger partial charge < -0.3 is 10.6 Å². The van der Waals surface area contributed by atoms with Crippen LogP contribution >= 0.6 is 11.6 Å². The number of amides is 2. The number of carbonyl (C=O) groups is 2. The summed E-state index contributed by atoms with van der Waals surface area (Å²) in [6.07, 6.45) is 0. The highest BCUT2D eigenvalue weighted by atomic mass is 35.5. The first-order valence-corrected chi connectivity index (χ1v) is 8.87. The molecule has 0 unspecified atom stereocenters. The van der Waals surface area contributed by atoms with Crippen LogP contribution in [0.1, 0.15) is 40.2 Å². The van der Waals surface area contributed by atoms with Gasteiger partial charge in [0.15, 0.2) is 0 Å². The Balaban J connectivity index is 2.09. The monoisotopic (exact) mass is 372 g/mol. The fourth-order valence-electron chi connectivity index (χ4n) is 2.29. The molecule has 0 saturated carbocycles. The maximum atomic E-state index is 12.6. The van der Waals surface area contributed by atoms with Gasteiger partial charge in [0.05, 0.1) is 10.7 Å². The quantitative estimate of drug-likeness (QED) is 0.721. The van der Waals surface area contributed by atoms with Gasteiger partial charge in [-0.1, -0.05) is 56.6 Å². The number of carbonyl (C=O) groups excluding carboxylic acids is 2. The van der Waals surface area contributed by atoms with Gasteiger partial charge in [0.1, 0.15) is 5.41 Å². The number of nitrogens with one attached hydrogen (secondary N) is 2. The fraction of sp³-hybridized carbons (Fsp3) is 0.333. The third-order valence-electron chi connectivity index (χ3n) is 4.27. The van der Waals surface area contributed by atoms with E-state index in [4.69, 9.17) is 11.6 Å². The highest BCUT2D eigenvalue weighted by molar-refractivity contribution is 6.34. The van der Waals surface area contributed by atoms with E-state index >= 15 is 0 Å². The molecule has 0 heterocycles. The smallest absolute Gasteiger partial charge is 0.239 e. The van der Waals surface area contributed by atoms with E-state index in [9.17, 15) is 9.59 Å². The maximum Gasteiger partial charge on any atom is 0.239 e. The summed E-state index contributed by atoms with van der Waals surface area (Å²) in [4.78, 5) is 25.2. The van der Waals surface area contributed by atoms with Gasteiger partial charge in [-0.25, -0.2) is 0 Å². The van der Waals surface area contributed by atoms with Crippen molar-refractivity contribution in [3.8, 4) is 0 Å². The molecule has 0 aliphatic heterocycles. The molecule has 4 nitrogen and oxygen atoms in total. The number of para-hydroxylation sites is 1. The first-order chi connectivity index (χ1) is 12.0. The van der Waals surface area contributed by atoms with Gasteiger partial charge in [-0.3, -0.25) is 9.59 Å². The van der Waals surface area contributed by atoms with Crippen molar-refractivity contribution in [3.05, 3.63) is 59.1 Å². The van der Waals surface area contributed by atoms with Crippen LogP contribution in [0.15, 0.2) is 48.5 Å². The minimum atomic E-state index is -1.26. The van der Waals surface area contributed by atoms with Crippen LogP contribution in [0.3, 0.4) is 0 Å². The number of hydrogen-bond donors (Lipinski definition) is 2. The predicted molar refractivity (Wildman–Crippen MR) is 108 cm³/mol. The molecule has 2 aromatic rings. The highest BCUT2D eigenvalue weighted by Crippen LogP contribution is 2.27. The molecule has 0 aliphatic rings. The topological polar surface area (TPSA) is 58.2 Å². The largest absolute Gasteiger partial charge is 0.325 e. The molecule has 5 heteroatoms. The third-order valence-corrected chi connectivity index (χ3v) is 4.60. The summed E-state index contributed by atoms with van der Waals surface area (Å²) in [7, 11) is 0. The minimum absolute atomic E-state index is 0.0383. The molecule has 2 amide bonds. The van der Waals surface area contributed by atoms with Gasteiger partial charge in [0, 0.05) is 5.69 Å². The molecular weight excluding hydrogens is 348 g/mol. The van der Waals surface area contributed by atoms with Crippen LogP contribution in [0.4, 0.5) is 11.4 Å². The van der Waals surface area contributed by atoms with Crippen molar-refractivity contribution in [2.75, 3.05) is 10.6 Å². The van der Waals surface area contributed by atoms with Gasteiger partial charge in [-0.15, -0.1) is 0 Å².